The number of rotatable bonds is 2. The summed E-state index contributed by atoms with van der Waals surface area (Å²) in [6.07, 6.45) is 0. The standard InChI is InChI=1S/C8H15N5/c1-12(2)6-5-7(13(3)4)11-8(9)10-6/h5H,1-4H3,(H2,9,10,11). The molecule has 0 aliphatic heterocycles. The van der Waals surface area contributed by atoms with Crippen LogP contribution in [0.15, 0.2) is 6.07 Å². The molecule has 0 atom stereocenters. The molecule has 5 heteroatoms. The Hall–Kier alpha value is -1.52. The first-order valence-electron chi connectivity index (χ1n) is 4.00. The minimum absolute atomic E-state index is 0.301. The maximum absolute atomic E-state index is 5.56. The van der Waals surface area contributed by atoms with Gasteiger partial charge in [0, 0.05) is 34.3 Å². The van der Waals surface area contributed by atoms with E-state index in [2.05, 4.69) is 9.97 Å². The third-order valence-corrected chi connectivity index (χ3v) is 1.63. The van der Waals surface area contributed by atoms with Crippen LogP contribution in [-0.2, 0) is 0 Å². The van der Waals surface area contributed by atoms with Crippen LogP contribution in [0.2, 0.25) is 0 Å². The summed E-state index contributed by atoms with van der Waals surface area (Å²) in [5.41, 5.74) is 5.56. The molecule has 0 fully saturated rings. The highest BCUT2D eigenvalue weighted by atomic mass is 15.2. The third kappa shape index (κ3) is 2.21. The van der Waals surface area contributed by atoms with Gasteiger partial charge in [-0.3, -0.25) is 0 Å². The summed E-state index contributed by atoms with van der Waals surface area (Å²) >= 11 is 0. The number of nitrogens with two attached hydrogens (primary N) is 1. The van der Waals surface area contributed by atoms with E-state index in [1.165, 1.54) is 0 Å². The van der Waals surface area contributed by atoms with Crippen molar-refractivity contribution in [3.8, 4) is 0 Å². The Morgan fingerprint density at radius 1 is 1.00 bits per heavy atom. The monoisotopic (exact) mass is 181 g/mol. The Bertz CT molecular complexity index is 268. The minimum atomic E-state index is 0.301. The molecule has 1 aromatic heterocycles. The van der Waals surface area contributed by atoms with E-state index in [0.717, 1.165) is 11.6 Å². The topological polar surface area (TPSA) is 58.3 Å². The van der Waals surface area contributed by atoms with Crippen LogP contribution in [0, 0.1) is 0 Å². The number of aromatic nitrogens is 2. The highest BCUT2D eigenvalue weighted by Crippen LogP contribution is 2.16. The first kappa shape index (κ1) is 9.57. The van der Waals surface area contributed by atoms with Gasteiger partial charge in [0.15, 0.2) is 0 Å². The largest absolute Gasteiger partial charge is 0.368 e. The van der Waals surface area contributed by atoms with Crippen molar-refractivity contribution in [3.05, 3.63) is 6.07 Å². The lowest BCUT2D eigenvalue weighted by molar-refractivity contribution is 1.01. The van der Waals surface area contributed by atoms with Crippen molar-refractivity contribution in [2.24, 2.45) is 0 Å². The molecule has 13 heavy (non-hydrogen) atoms. The van der Waals surface area contributed by atoms with Gasteiger partial charge in [-0.25, -0.2) is 0 Å². The van der Waals surface area contributed by atoms with Crippen molar-refractivity contribution in [3.63, 3.8) is 0 Å². The molecule has 0 saturated heterocycles. The first-order valence-corrected chi connectivity index (χ1v) is 4.00. The second-order valence-corrected chi connectivity index (χ2v) is 3.23. The summed E-state index contributed by atoms with van der Waals surface area (Å²) in [6.45, 7) is 0. The van der Waals surface area contributed by atoms with Crippen LogP contribution in [-0.4, -0.2) is 38.2 Å². The average molecular weight is 181 g/mol. The van der Waals surface area contributed by atoms with Gasteiger partial charge >= 0.3 is 0 Å². The van der Waals surface area contributed by atoms with Crippen LogP contribution < -0.4 is 15.5 Å². The predicted molar refractivity (Wildman–Crippen MR) is 55.1 cm³/mol. The van der Waals surface area contributed by atoms with Crippen molar-refractivity contribution in [2.45, 2.75) is 0 Å². The molecule has 0 saturated carbocycles. The van der Waals surface area contributed by atoms with Crippen LogP contribution in [0.5, 0.6) is 0 Å². The van der Waals surface area contributed by atoms with Gasteiger partial charge in [0.2, 0.25) is 5.95 Å². The highest BCUT2D eigenvalue weighted by Gasteiger charge is 2.04. The number of hydrogen-bond acceptors (Lipinski definition) is 5. The molecule has 72 valence electrons. The molecule has 2 N–H and O–H groups in total. The summed E-state index contributed by atoms with van der Waals surface area (Å²) in [4.78, 5) is 12.0. The second kappa shape index (κ2) is 3.47. The molecule has 0 radical (unpaired) electrons. The van der Waals surface area contributed by atoms with Crippen LogP contribution in [0.4, 0.5) is 17.6 Å². The normalized spacial score (nSPS) is 9.85. The lowest BCUT2D eigenvalue weighted by Gasteiger charge is -2.16. The van der Waals surface area contributed by atoms with E-state index in [9.17, 15) is 0 Å². The van der Waals surface area contributed by atoms with Crippen molar-refractivity contribution in [1.82, 2.24) is 9.97 Å². The van der Waals surface area contributed by atoms with Gasteiger partial charge < -0.3 is 15.5 Å². The zero-order chi connectivity index (χ0) is 10.0. The van der Waals surface area contributed by atoms with Gasteiger partial charge in [0.05, 0.1) is 0 Å². The van der Waals surface area contributed by atoms with Crippen LogP contribution in [0.1, 0.15) is 0 Å². The van der Waals surface area contributed by atoms with E-state index < -0.39 is 0 Å². The van der Waals surface area contributed by atoms with Gasteiger partial charge in [-0.1, -0.05) is 0 Å². The second-order valence-electron chi connectivity index (χ2n) is 3.23. The van der Waals surface area contributed by atoms with Crippen molar-refractivity contribution >= 4 is 17.6 Å². The molecule has 0 bridgehead atoms. The van der Waals surface area contributed by atoms with E-state index >= 15 is 0 Å². The Kier molecular flexibility index (Phi) is 2.55. The van der Waals surface area contributed by atoms with Crippen molar-refractivity contribution in [2.75, 3.05) is 43.7 Å². The molecule has 0 spiro atoms. The number of hydrogen-bond donors (Lipinski definition) is 1. The highest BCUT2D eigenvalue weighted by molar-refractivity contribution is 5.52. The quantitative estimate of drug-likeness (QED) is 0.706. The SMILES string of the molecule is CN(C)c1cc(N(C)C)nc(N)n1. The Labute approximate surface area is 78.2 Å². The summed E-state index contributed by atoms with van der Waals surface area (Å²) < 4.78 is 0. The molecular formula is C8H15N5. The number of nitrogen functional groups attached to an aromatic ring is 1. The Balaban J connectivity index is 3.11. The van der Waals surface area contributed by atoms with E-state index in [1.807, 2.05) is 44.1 Å². The maximum Gasteiger partial charge on any atom is 0.223 e. The molecule has 1 rings (SSSR count). The van der Waals surface area contributed by atoms with Crippen LogP contribution in [0.3, 0.4) is 0 Å². The fourth-order valence-electron chi connectivity index (χ4n) is 0.898. The van der Waals surface area contributed by atoms with E-state index in [4.69, 9.17) is 5.73 Å². The summed E-state index contributed by atoms with van der Waals surface area (Å²) in [5.74, 6) is 1.93. The molecule has 0 aliphatic rings. The average Bonchev–Trinajstić information content (AvgIpc) is 2.03. The third-order valence-electron chi connectivity index (χ3n) is 1.63. The first-order chi connectivity index (χ1) is 6.00. The summed E-state index contributed by atoms with van der Waals surface area (Å²) in [6, 6.07) is 1.89. The molecule has 5 nitrogen and oxygen atoms in total. The zero-order valence-corrected chi connectivity index (χ0v) is 8.44. The van der Waals surface area contributed by atoms with E-state index in [1.54, 1.807) is 0 Å². The van der Waals surface area contributed by atoms with Gasteiger partial charge in [0.1, 0.15) is 11.6 Å². The Morgan fingerprint density at radius 3 is 1.69 bits per heavy atom. The van der Waals surface area contributed by atoms with Gasteiger partial charge in [0.25, 0.3) is 0 Å². The molecular weight excluding hydrogens is 166 g/mol. The predicted octanol–water partition coefficient (Wildman–Crippen LogP) is 0.191. The Morgan fingerprint density at radius 2 is 1.38 bits per heavy atom. The summed E-state index contributed by atoms with van der Waals surface area (Å²) in [5, 5.41) is 0. The zero-order valence-electron chi connectivity index (χ0n) is 8.44. The molecule has 0 aliphatic carbocycles. The van der Waals surface area contributed by atoms with E-state index in [-0.39, 0.29) is 0 Å². The smallest absolute Gasteiger partial charge is 0.223 e. The maximum atomic E-state index is 5.56. The van der Waals surface area contributed by atoms with E-state index in [0.29, 0.717) is 5.95 Å². The molecule has 1 heterocycles. The van der Waals surface area contributed by atoms with Crippen molar-refractivity contribution < 1.29 is 0 Å². The van der Waals surface area contributed by atoms with Crippen LogP contribution in [0.25, 0.3) is 0 Å². The molecule has 1 aromatic rings. The van der Waals surface area contributed by atoms with Crippen LogP contribution >= 0.6 is 0 Å². The minimum Gasteiger partial charge on any atom is -0.368 e. The number of anilines is 3. The lowest BCUT2D eigenvalue weighted by Crippen LogP contribution is -2.16. The van der Waals surface area contributed by atoms with Crippen molar-refractivity contribution in [1.29, 1.82) is 0 Å². The molecule has 0 unspecified atom stereocenters. The van der Waals surface area contributed by atoms with Gasteiger partial charge in [-0.05, 0) is 0 Å². The molecule has 0 aromatic carbocycles. The van der Waals surface area contributed by atoms with Gasteiger partial charge in [-0.15, -0.1) is 0 Å². The fraction of sp³-hybridized carbons (Fsp3) is 0.500. The fourth-order valence-corrected chi connectivity index (χ4v) is 0.898. The van der Waals surface area contributed by atoms with Gasteiger partial charge in [-0.2, -0.15) is 9.97 Å². The number of nitrogens with zero attached hydrogens (tertiary/aromatic N) is 4. The summed E-state index contributed by atoms with van der Waals surface area (Å²) in [7, 11) is 7.67. The lowest BCUT2D eigenvalue weighted by atomic mass is 10.5. The molecule has 0 amide bonds.